The van der Waals surface area contributed by atoms with Crippen LogP contribution in [0.2, 0.25) is 5.02 Å². The van der Waals surface area contributed by atoms with Crippen molar-refractivity contribution >= 4 is 34.8 Å². The first-order chi connectivity index (χ1) is 19.4. The number of amides is 1. The predicted molar refractivity (Wildman–Crippen MR) is 166 cm³/mol. The van der Waals surface area contributed by atoms with Crippen LogP contribution in [0, 0.1) is 0 Å². The number of benzene rings is 2. The topological polar surface area (TPSA) is 90.4 Å². The molecule has 218 valence electrons. The number of piperidine rings is 1. The van der Waals surface area contributed by atoms with E-state index in [1.54, 1.807) is 6.20 Å². The number of aliphatic hydroxyl groups is 1. The number of aromatic nitrogens is 2. The van der Waals surface area contributed by atoms with Crippen molar-refractivity contribution in [1.82, 2.24) is 14.9 Å². The summed E-state index contributed by atoms with van der Waals surface area (Å²) in [6.07, 6.45) is 6.13. The lowest BCUT2D eigenvalue weighted by Crippen LogP contribution is -2.42. The standard InChI is InChI=1S/C33H42ClN5O2/c1-6-21-18-24(22-14-16-39(17-15-22)20-32(2,3)41)11-12-26(21)37-31-35-19-25(34)27(38-31)13-10-23-8-7-9-28-29(23)33(4,5)30(40)36-28/h7-9,11-12,18-19,22,41H,6,10,13-17,20H2,1-5H3,(H,36,40)(H,35,37,38). The van der Waals surface area contributed by atoms with E-state index < -0.39 is 11.0 Å². The molecule has 0 bridgehead atoms. The molecule has 1 aromatic heterocycles. The maximum absolute atomic E-state index is 12.5. The lowest BCUT2D eigenvalue weighted by Gasteiger charge is -2.35. The van der Waals surface area contributed by atoms with Gasteiger partial charge in [0.25, 0.3) is 0 Å². The Labute approximate surface area is 248 Å². The molecule has 2 aliphatic heterocycles. The maximum atomic E-state index is 12.5. The van der Waals surface area contributed by atoms with E-state index in [0.717, 1.165) is 67.0 Å². The van der Waals surface area contributed by atoms with Crippen LogP contribution < -0.4 is 10.6 Å². The Morgan fingerprint density at radius 1 is 1.15 bits per heavy atom. The first-order valence-electron chi connectivity index (χ1n) is 14.7. The summed E-state index contributed by atoms with van der Waals surface area (Å²) in [7, 11) is 0. The molecule has 2 aromatic carbocycles. The van der Waals surface area contributed by atoms with Crippen LogP contribution in [0.4, 0.5) is 17.3 Å². The lowest BCUT2D eigenvalue weighted by molar-refractivity contribution is -0.119. The number of β-amino-alcohol motifs (C(OH)–C–C–N with tert-alkyl or cyclic N) is 1. The number of fused-ring (bicyclic) bond motifs is 1. The van der Waals surface area contributed by atoms with E-state index >= 15 is 0 Å². The largest absolute Gasteiger partial charge is 0.389 e. The van der Waals surface area contributed by atoms with E-state index in [9.17, 15) is 9.90 Å². The fourth-order valence-corrected chi connectivity index (χ4v) is 6.49. The molecule has 0 radical (unpaired) electrons. The summed E-state index contributed by atoms with van der Waals surface area (Å²) >= 11 is 6.54. The highest BCUT2D eigenvalue weighted by Gasteiger charge is 2.39. The monoisotopic (exact) mass is 575 g/mol. The van der Waals surface area contributed by atoms with E-state index in [0.29, 0.717) is 29.9 Å². The first-order valence-corrected chi connectivity index (χ1v) is 15.1. The third-order valence-electron chi connectivity index (χ3n) is 8.47. The zero-order chi connectivity index (χ0) is 29.4. The highest BCUT2D eigenvalue weighted by atomic mass is 35.5. The Balaban J connectivity index is 1.27. The molecule has 2 aliphatic rings. The summed E-state index contributed by atoms with van der Waals surface area (Å²) < 4.78 is 0. The zero-order valence-electron chi connectivity index (χ0n) is 24.9. The van der Waals surface area contributed by atoms with E-state index in [1.165, 1.54) is 11.1 Å². The van der Waals surface area contributed by atoms with E-state index in [4.69, 9.17) is 16.6 Å². The average molecular weight is 576 g/mol. The number of likely N-dealkylation sites (tertiary alicyclic amines) is 1. The third-order valence-corrected chi connectivity index (χ3v) is 8.78. The van der Waals surface area contributed by atoms with Gasteiger partial charge in [0.05, 0.1) is 27.9 Å². The smallest absolute Gasteiger partial charge is 0.234 e. The normalized spacial score (nSPS) is 17.4. The Hall–Kier alpha value is -3.00. The summed E-state index contributed by atoms with van der Waals surface area (Å²) in [5, 5.41) is 17.2. The van der Waals surface area contributed by atoms with E-state index in [1.807, 2.05) is 39.8 Å². The number of anilines is 3. The minimum Gasteiger partial charge on any atom is -0.389 e. The number of halogens is 1. The van der Waals surface area contributed by atoms with Crippen LogP contribution in [0.1, 0.15) is 81.3 Å². The number of nitrogens with zero attached hydrogens (tertiary/aromatic N) is 3. The molecular formula is C33H42ClN5O2. The molecule has 0 spiro atoms. The Kier molecular flexibility index (Phi) is 8.42. The molecule has 41 heavy (non-hydrogen) atoms. The van der Waals surface area contributed by atoms with Gasteiger partial charge in [-0.2, -0.15) is 0 Å². The van der Waals surface area contributed by atoms with Gasteiger partial charge in [-0.05, 0) is 113 Å². The molecule has 7 nitrogen and oxygen atoms in total. The van der Waals surface area contributed by atoms with Crippen molar-refractivity contribution in [1.29, 1.82) is 0 Å². The van der Waals surface area contributed by atoms with Crippen molar-refractivity contribution in [3.05, 3.63) is 75.6 Å². The number of aryl methyl sites for hydroxylation is 3. The minimum atomic E-state index is -0.657. The van der Waals surface area contributed by atoms with Crippen LogP contribution in [0.3, 0.4) is 0 Å². The summed E-state index contributed by atoms with van der Waals surface area (Å²) in [5.74, 6) is 1.09. The molecule has 8 heteroatoms. The quantitative estimate of drug-likeness (QED) is 0.273. The number of rotatable bonds is 9. The summed E-state index contributed by atoms with van der Waals surface area (Å²) in [6.45, 7) is 12.6. The number of hydrogen-bond donors (Lipinski definition) is 3. The predicted octanol–water partition coefficient (Wildman–Crippen LogP) is 6.40. The maximum Gasteiger partial charge on any atom is 0.234 e. The van der Waals surface area contributed by atoms with Crippen LogP contribution in [-0.2, 0) is 29.5 Å². The van der Waals surface area contributed by atoms with Gasteiger partial charge >= 0.3 is 0 Å². The molecule has 0 saturated carbocycles. The van der Waals surface area contributed by atoms with Crippen molar-refractivity contribution in [2.75, 3.05) is 30.3 Å². The molecule has 1 fully saturated rings. The lowest BCUT2D eigenvalue weighted by atomic mass is 9.82. The molecule has 1 saturated heterocycles. The third kappa shape index (κ3) is 6.58. The molecule has 5 rings (SSSR count). The zero-order valence-corrected chi connectivity index (χ0v) is 25.6. The van der Waals surface area contributed by atoms with Gasteiger partial charge in [0.1, 0.15) is 0 Å². The van der Waals surface area contributed by atoms with Crippen molar-refractivity contribution < 1.29 is 9.90 Å². The van der Waals surface area contributed by atoms with Crippen LogP contribution >= 0.6 is 11.6 Å². The van der Waals surface area contributed by atoms with Gasteiger partial charge in [-0.25, -0.2) is 9.97 Å². The molecule has 3 aromatic rings. The molecule has 0 atom stereocenters. The van der Waals surface area contributed by atoms with Gasteiger partial charge in [-0.15, -0.1) is 0 Å². The molecule has 3 heterocycles. The van der Waals surface area contributed by atoms with E-state index in [-0.39, 0.29) is 5.91 Å². The Bertz CT molecular complexity index is 1420. The summed E-state index contributed by atoms with van der Waals surface area (Å²) in [4.78, 5) is 24.1. The van der Waals surface area contributed by atoms with Crippen LogP contribution in [0.25, 0.3) is 0 Å². The summed E-state index contributed by atoms with van der Waals surface area (Å²) in [5.41, 5.74) is 6.26. The number of hydrogen-bond acceptors (Lipinski definition) is 6. The van der Waals surface area contributed by atoms with Gasteiger partial charge < -0.3 is 20.6 Å². The molecule has 3 N–H and O–H groups in total. The van der Waals surface area contributed by atoms with Crippen molar-refractivity contribution in [3.8, 4) is 0 Å². The van der Waals surface area contributed by atoms with Gasteiger partial charge in [-0.3, -0.25) is 4.79 Å². The number of carbonyl (C=O) groups excluding carboxylic acids is 1. The highest BCUT2D eigenvalue weighted by molar-refractivity contribution is 6.31. The second kappa shape index (κ2) is 11.7. The average Bonchev–Trinajstić information content (AvgIpc) is 3.16. The second-order valence-corrected chi connectivity index (χ2v) is 13.1. The fourth-order valence-electron chi connectivity index (χ4n) is 6.31. The van der Waals surface area contributed by atoms with Crippen LogP contribution in [0.15, 0.2) is 42.6 Å². The molecule has 0 aliphatic carbocycles. The van der Waals surface area contributed by atoms with Crippen molar-refractivity contribution in [2.24, 2.45) is 0 Å². The SMILES string of the molecule is CCc1cc(C2CCN(CC(C)(C)O)CC2)ccc1Nc1ncc(Cl)c(CCc2cccc3c2C(C)(C)C(=O)N3)n1. The first kappa shape index (κ1) is 29.5. The van der Waals surface area contributed by atoms with Crippen molar-refractivity contribution in [3.63, 3.8) is 0 Å². The molecular weight excluding hydrogens is 534 g/mol. The van der Waals surface area contributed by atoms with Crippen molar-refractivity contribution in [2.45, 2.75) is 83.7 Å². The van der Waals surface area contributed by atoms with Crippen LogP contribution in [-0.4, -0.2) is 51.1 Å². The Morgan fingerprint density at radius 2 is 1.90 bits per heavy atom. The molecule has 1 amide bonds. The minimum absolute atomic E-state index is 0.0282. The fraction of sp³-hybridized carbons (Fsp3) is 0.485. The van der Waals surface area contributed by atoms with Gasteiger partial charge in [0.15, 0.2) is 0 Å². The number of nitrogens with one attached hydrogen (secondary N) is 2. The second-order valence-electron chi connectivity index (χ2n) is 12.7. The Morgan fingerprint density at radius 3 is 2.61 bits per heavy atom. The number of carbonyl (C=O) groups is 1. The molecule has 0 unspecified atom stereocenters. The van der Waals surface area contributed by atoms with Crippen LogP contribution in [0.5, 0.6) is 0 Å². The van der Waals surface area contributed by atoms with E-state index in [2.05, 4.69) is 51.7 Å². The highest BCUT2D eigenvalue weighted by Crippen LogP contribution is 2.40. The van der Waals surface area contributed by atoms with Gasteiger partial charge in [0, 0.05) is 17.9 Å². The van der Waals surface area contributed by atoms with Gasteiger partial charge in [-0.1, -0.05) is 42.8 Å². The van der Waals surface area contributed by atoms with Gasteiger partial charge in [0.2, 0.25) is 11.9 Å². The summed E-state index contributed by atoms with van der Waals surface area (Å²) in [6, 6.07) is 12.7.